The lowest BCUT2D eigenvalue weighted by Crippen LogP contribution is -2.34. The molecule has 138 valence electrons. The van der Waals surface area contributed by atoms with Crippen LogP contribution in [0.25, 0.3) is 11.5 Å². The van der Waals surface area contributed by atoms with Gasteiger partial charge in [0, 0.05) is 37.6 Å². The summed E-state index contributed by atoms with van der Waals surface area (Å²) in [5, 5.41) is 11.5. The smallest absolute Gasteiger partial charge is 0.239 e. The number of aryl methyl sites for hydroxylation is 1. The van der Waals surface area contributed by atoms with Crippen molar-refractivity contribution in [2.45, 2.75) is 19.3 Å². The van der Waals surface area contributed by atoms with Crippen LogP contribution in [0.3, 0.4) is 0 Å². The third kappa shape index (κ3) is 3.91. The van der Waals surface area contributed by atoms with Crippen molar-refractivity contribution in [3.63, 3.8) is 0 Å². The van der Waals surface area contributed by atoms with Gasteiger partial charge in [-0.1, -0.05) is 0 Å². The molecule has 8 heteroatoms. The zero-order valence-corrected chi connectivity index (χ0v) is 15.0. The Morgan fingerprint density at radius 1 is 1.38 bits per heavy atom. The number of nitrogens with one attached hydrogen (secondary N) is 1. The Bertz CT molecular complexity index is 796. The fraction of sp³-hybridized carbons (Fsp3) is 0.444. The minimum atomic E-state index is -0.0723. The molecule has 26 heavy (non-hydrogen) atoms. The molecule has 2 aromatic heterocycles. The topological polar surface area (TPSA) is 100 Å². The van der Waals surface area contributed by atoms with Gasteiger partial charge in [-0.2, -0.15) is 0 Å². The minimum Gasteiger partial charge on any atom is -0.491 e. The molecule has 1 aliphatic rings. The average molecular weight is 357 g/mol. The van der Waals surface area contributed by atoms with E-state index in [0.717, 1.165) is 36.3 Å². The van der Waals surface area contributed by atoms with Gasteiger partial charge in [-0.05, 0) is 25.3 Å². The zero-order chi connectivity index (χ0) is 18.5. The third-order valence-electron chi connectivity index (χ3n) is 4.25. The van der Waals surface area contributed by atoms with Crippen molar-refractivity contribution in [2.24, 2.45) is 0 Å². The number of hydrogen-bond acceptors (Lipinski definition) is 7. The molecule has 0 spiro atoms. The number of aliphatic hydroxyl groups is 1. The molecule has 0 unspecified atom stereocenters. The first-order valence-corrected chi connectivity index (χ1v) is 8.64. The number of likely N-dealkylation sites (N-methyl/N-ethyl adjacent to an activating group) is 2. The van der Waals surface area contributed by atoms with Gasteiger partial charge in [0.15, 0.2) is 5.82 Å². The number of amides is 1. The third-order valence-corrected chi connectivity index (χ3v) is 4.25. The van der Waals surface area contributed by atoms with E-state index in [1.54, 1.807) is 25.4 Å². The maximum absolute atomic E-state index is 11.8. The molecule has 0 aromatic carbocycles. The van der Waals surface area contributed by atoms with Crippen LogP contribution < -0.4 is 15.0 Å². The largest absolute Gasteiger partial charge is 0.491 e. The monoisotopic (exact) mass is 357 g/mol. The van der Waals surface area contributed by atoms with Gasteiger partial charge in [0.2, 0.25) is 5.91 Å². The van der Waals surface area contributed by atoms with Crippen molar-refractivity contribution in [2.75, 3.05) is 38.8 Å². The standard InChI is InChI=1S/C18H23N5O3/c1-19-16(25)11-23(2)18-13-4-3-5-14(13)21-17(22-18)15-10-12(6-7-20-15)26-9-8-24/h6-7,10,24H,3-5,8-9,11H2,1-2H3,(H,19,25). The number of aliphatic hydroxyl groups excluding tert-OH is 1. The van der Waals surface area contributed by atoms with Crippen molar-refractivity contribution in [1.29, 1.82) is 0 Å². The van der Waals surface area contributed by atoms with Crippen LogP contribution in [0.1, 0.15) is 17.7 Å². The number of carbonyl (C=O) groups excluding carboxylic acids is 1. The Hall–Kier alpha value is -2.74. The van der Waals surface area contributed by atoms with Crippen molar-refractivity contribution < 1.29 is 14.6 Å². The summed E-state index contributed by atoms with van der Waals surface area (Å²) in [7, 11) is 3.47. The van der Waals surface area contributed by atoms with Gasteiger partial charge in [-0.15, -0.1) is 0 Å². The SMILES string of the molecule is CNC(=O)CN(C)c1nc(-c2cc(OCCO)ccn2)nc2c1CCC2. The lowest BCUT2D eigenvalue weighted by Gasteiger charge is -2.20. The van der Waals surface area contributed by atoms with Crippen LogP contribution >= 0.6 is 0 Å². The molecule has 1 amide bonds. The molecule has 2 N–H and O–H groups in total. The lowest BCUT2D eigenvalue weighted by molar-refractivity contribution is -0.119. The molecule has 0 radical (unpaired) electrons. The highest BCUT2D eigenvalue weighted by molar-refractivity contribution is 5.81. The molecular weight excluding hydrogens is 334 g/mol. The maximum Gasteiger partial charge on any atom is 0.239 e. The van der Waals surface area contributed by atoms with Gasteiger partial charge in [0.1, 0.15) is 23.9 Å². The van der Waals surface area contributed by atoms with Gasteiger partial charge in [0.05, 0.1) is 13.2 Å². The first-order chi connectivity index (χ1) is 12.6. The molecule has 3 rings (SSSR count). The second-order valence-corrected chi connectivity index (χ2v) is 6.13. The number of carbonyl (C=O) groups is 1. The van der Waals surface area contributed by atoms with Gasteiger partial charge in [-0.25, -0.2) is 9.97 Å². The quantitative estimate of drug-likeness (QED) is 0.747. The number of ether oxygens (including phenoxy) is 1. The number of hydrogen-bond donors (Lipinski definition) is 2. The molecule has 8 nitrogen and oxygen atoms in total. The van der Waals surface area contributed by atoms with Crippen LogP contribution in [0.15, 0.2) is 18.3 Å². The van der Waals surface area contributed by atoms with Crippen LogP contribution in [0.5, 0.6) is 5.75 Å². The van der Waals surface area contributed by atoms with Crippen LogP contribution in [-0.2, 0) is 17.6 Å². The second kappa shape index (κ2) is 8.09. The number of nitrogens with zero attached hydrogens (tertiary/aromatic N) is 4. The van der Waals surface area contributed by atoms with Gasteiger partial charge >= 0.3 is 0 Å². The Balaban J connectivity index is 1.96. The first kappa shape index (κ1) is 18.1. The van der Waals surface area contributed by atoms with E-state index in [1.165, 1.54) is 0 Å². The molecular formula is C18H23N5O3. The normalized spacial score (nSPS) is 12.6. The molecule has 2 aromatic rings. The molecule has 2 heterocycles. The number of aromatic nitrogens is 3. The summed E-state index contributed by atoms with van der Waals surface area (Å²) >= 11 is 0. The summed E-state index contributed by atoms with van der Waals surface area (Å²) in [6.45, 7) is 0.391. The number of fused-ring (bicyclic) bond motifs is 1. The predicted molar refractivity (Wildman–Crippen MR) is 97.2 cm³/mol. The maximum atomic E-state index is 11.8. The fourth-order valence-corrected chi connectivity index (χ4v) is 3.00. The van der Waals surface area contributed by atoms with Gasteiger partial charge in [-0.3, -0.25) is 9.78 Å². The Morgan fingerprint density at radius 3 is 3.00 bits per heavy atom. The fourth-order valence-electron chi connectivity index (χ4n) is 3.00. The number of anilines is 1. The highest BCUT2D eigenvalue weighted by Gasteiger charge is 2.23. The van der Waals surface area contributed by atoms with Crippen LogP contribution in [0, 0.1) is 0 Å². The van der Waals surface area contributed by atoms with E-state index in [1.807, 2.05) is 11.9 Å². The Kier molecular flexibility index (Phi) is 5.62. The molecule has 0 aliphatic heterocycles. The van der Waals surface area contributed by atoms with Gasteiger partial charge < -0.3 is 20.1 Å². The van der Waals surface area contributed by atoms with Crippen molar-refractivity contribution in [3.05, 3.63) is 29.6 Å². The number of rotatable bonds is 7. The summed E-state index contributed by atoms with van der Waals surface area (Å²) < 4.78 is 5.45. The zero-order valence-electron chi connectivity index (χ0n) is 15.0. The summed E-state index contributed by atoms with van der Waals surface area (Å²) in [6.07, 6.45) is 4.47. The molecule has 0 saturated heterocycles. The minimum absolute atomic E-state index is 0.0541. The van der Waals surface area contributed by atoms with Gasteiger partial charge in [0.25, 0.3) is 0 Å². The van der Waals surface area contributed by atoms with E-state index in [-0.39, 0.29) is 25.7 Å². The summed E-state index contributed by atoms with van der Waals surface area (Å²) in [6, 6.07) is 3.49. The summed E-state index contributed by atoms with van der Waals surface area (Å²) in [5.74, 6) is 1.82. The average Bonchev–Trinajstić information content (AvgIpc) is 3.14. The summed E-state index contributed by atoms with van der Waals surface area (Å²) in [4.78, 5) is 27.3. The summed E-state index contributed by atoms with van der Waals surface area (Å²) in [5.41, 5.74) is 2.72. The van der Waals surface area contributed by atoms with Crippen LogP contribution in [-0.4, -0.2) is 59.8 Å². The highest BCUT2D eigenvalue weighted by atomic mass is 16.5. The van der Waals surface area contributed by atoms with Crippen molar-refractivity contribution >= 4 is 11.7 Å². The molecule has 0 bridgehead atoms. The van der Waals surface area contributed by atoms with Crippen molar-refractivity contribution in [3.8, 4) is 17.3 Å². The molecule has 0 fully saturated rings. The van der Waals surface area contributed by atoms with Crippen molar-refractivity contribution in [1.82, 2.24) is 20.3 Å². The molecule has 0 saturated carbocycles. The highest BCUT2D eigenvalue weighted by Crippen LogP contribution is 2.31. The van der Waals surface area contributed by atoms with E-state index in [2.05, 4.69) is 15.3 Å². The predicted octanol–water partition coefficient (Wildman–Crippen LogP) is 0.581. The number of pyridine rings is 1. The lowest BCUT2D eigenvalue weighted by atomic mass is 10.2. The van der Waals surface area contributed by atoms with E-state index in [0.29, 0.717) is 17.3 Å². The first-order valence-electron chi connectivity index (χ1n) is 8.64. The molecule has 1 aliphatic carbocycles. The second-order valence-electron chi connectivity index (χ2n) is 6.13. The Morgan fingerprint density at radius 2 is 2.23 bits per heavy atom. The van der Waals surface area contributed by atoms with E-state index in [9.17, 15) is 4.79 Å². The Labute approximate surface area is 152 Å². The van der Waals surface area contributed by atoms with Crippen LogP contribution in [0.2, 0.25) is 0 Å². The molecule has 0 atom stereocenters. The van der Waals surface area contributed by atoms with E-state index in [4.69, 9.17) is 14.8 Å². The van der Waals surface area contributed by atoms with Crippen LogP contribution in [0.4, 0.5) is 5.82 Å². The van der Waals surface area contributed by atoms with E-state index < -0.39 is 0 Å². The van der Waals surface area contributed by atoms with E-state index >= 15 is 0 Å².